The van der Waals surface area contributed by atoms with Gasteiger partial charge in [0.05, 0.1) is 28.0 Å². The summed E-state index contributed by atoms with van der Waals surface area (Å²) in [7, 11) is 0. The van der Waals surface area contributed by atoms with Gasteiger partial charge in [0.1, 0.15) is 5.69 Å². The molecule has 4 heteroatoms. The van der Waals surface area contributed by atoms with Gasteiger partial charge < -0.3 is 0 Å². The average Bonchev–Trinajstić information content (AvgIpc) is 3.97. The lowest BCUT2D eigenvalue weighted by Crippen LogP contribution is -2.28. The molecule has 0 atom stereocenters. The van der Waals surface area contributed by atoms with Crippen LogP contribution < -0.4 is 0 Å². The first-order valence-electron chi connectivity index (χ1n) is 23.2. The second-order valence-electron chi connectivity index (χ2n) is 17.5. The topological polar surface area (TPSA) is 43.1 Å². The highest BCUT2D eigenvalue weighted by Gasteiger charge is 2.46. The van der Waals surface area contributed by atoms with Crippen molar-refractivity contribution in [3.8, 4) is 78.7 Å². The molecule has 9 aromatic carbocycles. The van der Waals surface area contributed by atoms with Gasteiger partial charge in [-0.1, -0.05) is 231 Å². The zero-order chi connectivity index (χ0) is 45.0. The fourth-order valence-electron chi connectivity index (χ4n) is 10.7. The summed E-state index contributed by atoms with van der Waals surface area (Å²) in [6, 6.07) is 91.0. The van der Waals surface area contributed by atoms with Crippen LogP contribution in [0.2, 0.25) is 0 Å². The third kappa shape index (κ3) is 6.34. The molecule has 12 aromatic rings. The van der Waals surface area contributed by atoms with E-state index < -0.39 is 5.41 Å². The van der Waals surface area contributed by atoms with Crippen molar-refractivity contribution in [2.45, 2.75) is 5.41 Å². The van der Waals surface area contributed by atoms with E-state index in [0.29, 0.717) is 5.82 Å². The molecule has 0 spiro atoms. The Kier molecular flexibility index (Phi) is 9.36. The summed E-state index contributed by atoms with van der Waals surface area (Å²) in [6.07, 6.45) is 0. The van der Waals surface area contributed by atoms with Crippen LogP contribution in [0.1, 0.15) is 22.3 Å². The number of pyridine rings is 1. The molecule has 0 amide bonds. The van der Waals surface area contributed by atoms with Crippen molar-refractivity contribution in [2.75, 3.05) is 0 Å². The van der Waals surface area contributed by atoms with Crippen LogP contribution in [0.15, 0.2) is 255 Å². The van der Waals surface area contributed by atoms with E-state index in [1.54, 1.807) is 0 Å². The number of fused-ring (bicyclic) bond motifs is 6. The summed E-state index contributed by atoms with van der Waals surface area (Å²) in [4.78, 5) is 10.9. The summed E-state index contributed by atoms with van der Waals surface area (Å²) < 4.78 is 2.14. The molecule has 0 N–H and O–H groups in total. The van der Waals surface area contributed by atoms with Crippen molar-refractivity contribution < 1.29 is 0 Å². The van der Waals surface area contributed by atoms with Gasteiger partial charge in [0, 0.05) is 38.8 Å². The summed E-state index contributed by atoms with van der Waals surface area (Å²) in [6.45, 7) is 0. The van der Waals surface area contributed by atoms with Crippen LogP contribution in [-0.4, -0.2) is 19.6 Å². The number of nitrogens with zero attached hydrogens (tertiary/aromatic N) is 4. The molecule has 4 nitrogen and oxygen atoms in total. The fourth-order valence-corrected chi connectivity index (χ4v) is 10.7. The van der Waals surface area contributed by atoms with Crippen LogP contribution in [0.5, 0.6) is 0 Å². The Hall–Kier alpha value is -8.99. The zero-order valence-electron chi connectivity index (χ0n) is 37.0. The maximum Gasteiger partial charge on any atom is 0.160 e. The highest BCUT2D eigenvalue weighted by Crippen LogP contribution is 2.56. The average molecular weight is 867 g/mol. The molecule has 0 radical (unpaired) electrons. The predicted octanol–water partition coefficient (Wildman–Crippen LogP) is 15.6. The summed E-state index contributed by atoms with van der Waals surface area (Å²) in [5.74, 6) is 0.650. The van der Waals surface area contributed by atoms with Crippen LogP contribution in [0.25, 0.3) is 95.0 Å². The molecule has 0 saturated heterocycles. The van der Waals surface area contributed by atoms with Crippen LogP contribution in [0.4, 0.5) is 0 Å². The first kappa shape index (κ1) is 39.4. The van der Waals surface area contributed by atoms with E-state index in [1.807, 2.05) is 6.07 Å². The fraction of sp³-hybridized carbons (Fsp3) is 0.0156. The number of hydrogen-bond donors (Lipinski definition) is 0. The zero-order valence-corrected chi connectivity index (χ0v) is 37.0. The van der Waals surface area contributed by atoms with Crippen LogP contribution in [-0.2, 0) is 5.41 Å². The Balaban J connectivity index is 1.03. The predicted molar refractivity (Wildman–Crippen MR) is 278 cm³/mol. The molecule has 3 heterocycles. The summed E-state index contributed by atoms with van der Waals surface area (Å²) in [5.41, 5.74) is 18.8. The van der Waals surface area contributed by atoms with Gasteiger partial charge in [0.15, 0.2) is 5.82 Å². The number of benzene rings is 9. The highest BCUT2D eigenvalue weighted by atomic mass is 15.2. The van der Waals surface area contributed by atoms with E-state index in [9.17, 15) is 0 Å². The lowest BCUT2D eigenvalue weighted by molar-refractivity contribution is 0.768. The molecule has 0 aliphatic heterocycles. The quantitative estimate of drug-likeness (QED) is 0.153. The second-order valence-corrected chi connectivity index (χ2v) is 17.5. The number of aromatic nitrogens is 4. The van der Waals surface area contributed by atoms with Crippen molar-refractivity contribution in [3.05, 3.63) is 277 Å². The Morgan fingerprint density at radius 3 is 1.60 bits per heavy atom. The summed E-state index contributed by atoms with van der Waals surface area (Å²) in [5, 5.41) is 7.77. The van der Waals surface area contributed by atoms with Gasteiger partial charge in [0.25, 0.3) is 0 Å². The van der Waals surface area contributed by atoms with Gasteiger partial charge in [-0.05, 0) is 68.6 Å². The van der Waals surface area contributed by atoms with E-state index in [2.05, 4.69) is 253 Å². The minimum Gasteiger partial charge on any atom is -0.231 e. The minimum absolute atomic E-state index is 0.535. The van der Waals surface area contributed by atoms with Crippen molar-refractivity contribution >= 4 is 16.3 Å². The van der Waals surface area contributed by atoms with Gasteiger partial charge in [-0.15, -0.1) is 0 Å². The summed E-state index contributed by atoms with van der Waals surface area (Å²) >= 11 is 0. The Morgan fingerprint density at radius 1 is 0.353 bits per heavy atom. The molecule has 0 bridgehead atoms. The largest absolute Gasteiger partial charge is 0.231 e. The van der Waals surface area contributed by atoms with E-state index in [-0.39, 0.29) is 0 Å². The molecular weight excluding hydrogens is 825 g/mol. The van der Waals surface area contributed by atoms with Gasteiger partial charge in [-0.3, -0.25) is 0 Å². The molecule has 318 valence electrons. The maximum atomic E-state index is 5.50. The Morgan fingerprint density at radius 2 is 0.897 bits per heavy atom. The van der Waals surface area contributed by atoms with Gasteiger partial charge in [0.2, 0.25) is 0 Å². The molecule has 0 unspecified atom stereocenters. The van der Waals surface area contributed by atoms with Gasteiger partial charge in [-0.2, -0.15) is 5.10 Å². The standard InChI is InChI=1S/C64H42N4/c1-6-21-43(22-7-1)57-42-58(47-37-38-54-53-35-18-19-36-55(53)64(56(54)40-47,50-30-12-4-13-31-50)51-32-14-5-15-33-51)66-63(65-57)49-29-20-28-48(39-49)60-61(45-25-10-3-11-26-45)67-68-59(44-23-8-2-9-24-44)41-46-27-16-17-34-52(46)62(60)68/h1-42H. The van der Waals surface area contributed by atoms with Crippen LogP contribution >= 0.6 is 0 Å². The highest BCUT2D eigenvalue weighted by molar-refractivity contribution is 6.09. The van der Waals surface area contributed by atoms with Crippen molar-refractivity contribution in [3.63, 3.8) is 0 Å². The van der Waals surface area contributed by atoms with E-state index >= 15 is 0 Å². The van der Waals surface area contributed by atoms with Crippen molar-refractivity contribution in [2.24, 2.45) is 0 Å². The van der Waals surface area contributed by atoms with Crippen molar-refractivity contribution in [1.29, 1.82) is 0 Å². The number of rotatable bonds is 8. The SMILES string of the molecule is c1ccc(-c2cc(-c3ccc4c(c3)C(c3ccccc3)(c3ccccc3)c3ccccc3-4)nc(-c3cccc(-c4c(-c5ccccc5)nn5c(-c6ccccc6)cc6ccccc6c45)c3)n2)cc1. The monoisotopic (exact) mass is 866 g/mol. The molecule has 0 saturated carbocycles. The van der Waals surface area contributed by atoms with Crippen LogP contribution in [0.3, 0.4) is 0 Å². The van der Waals surface area contributed by atoms with Crippen molar-refractivity contribution in [1.82, 2.24) is 19.6 Å². The molecule has 3 aromatic heterocycles. The van der Waals surface area contributed by atoms with Gasteiger partial charge >= 0.3 is 0 Å². The van der Waals surface area contributed by atoms with Gasteiger partial charge in [-0.25, -0.2) is 14.5 Å². The third-order valence-electron chi connectivity index (χ3n) is 13.7. The van der Waals surface area contributed by atoms with E-state index in [4.69, 9.17) is 15.1 Å². The second kappa shape index (κ2) is 16.2. The molecular formula is C64H42N4. The smallest absolute Gasteiger partial charge is 0.160 e. The molecule has 1 aliphatic carbocycles. The first-order valence-corrected chi connectivity index (χ1v) is 23.2. The Labute approximate surface area is 395 Å². The third-order valence-corrected chi connectivity index (χ3v) is 13.7. The Bertz CT molecular complexity index is 3790. The molecule has 0 fully saturated rings. The molecule has 1 aliphatic rings. The number of hydrogen-bond acceptors (Lipinski definition) is 3. The molecule has 68 heavy (non-hydrogen) atoms. The van der Waals surface area contributed by atoms with E-state index in [1.165, 1.54) is 33.4 Å². The maximum absolute atomic E-state index is 5.50. The lowest BCUT2D eigenvalue weighted by Gasteiger charge is -2.34. The molecule has 13 rings (SSSR count). The normalized spacial score (nSPS) is 12.5. The first-order chi connectivity index (χ1) is 33.7. The van der Waals surface area contributed by atoms with E-state index in [0.717, 1.165) is 78.0 Å². The minimum atomic E-state index is -0.535. The van der Waals surface area contributed by atoms with Crippen LogP contribution in [0, 0.1) is 0 Å². The lowest BCUT2D eigenvalue weighted by atomic mass is 9.67.